The molecule has 6 nitrogen and oxygen atoms in total. The largest absolute Gasteiger partial charge is 0.324 e. The lowest BCUT2D eigenvalue weighted by molar-refractivity contribution is -0.119. The molecule has 1 aromatic carbocycles. The Kier molecular flexibility index (Phi) is 4.55. The molecule has 3 aromatic rings. The average Bonchev–Trinajstić information content (AvgIpc) is 3.03. The molecule has 7 heteroatoms. The van der Waals surface area contributed by atoms with E-state index in [1.54, 1.807) is 18.3 Å². The molecule has 0 radical (unpaired) electrons. The van der Waals surface area contributed by atoms with Crippen molar-refractivity contribution in [3.8, 4) is 0 Å². The molecule has 1 amide bonds. The van der Waals surface area contributed by atoms with E-state index < -0.39 is 6.04 Å². The van der Waals surface area contributed by atoms with Crippen LogP contribution < -0.4 is 10.9 Å². The van der Waals surface area contributed by atoms with Gasteiger partial charge in [-0.25, -0.2) is 0 Å². The Balaban J connectivity index is 1.68. The van der Waals surface area contributed by atoms with E-state index in [1.165, 1.54) is 9.56 Å². The maximum Gasteiger partial charge on any atom is 0.279 e. The number of amides is 1. The van der Waals surface area contributed by atoms with Gasteiger partial charge in [-0.2, -0.15) is 4.68 Å². The predicted molar refractivity (Wildman–Crippen MR) is 108 cm³/mol. The number of aromatic nitrogens is 3. The maximum atomic E-state index is 13.1. The molecule has 0 aliphatic heterocycles. The lowest BCUT2D eigenvalue weighted by atomic mass is 9.97. The van der Waals surface area contributed by atoms with Crippen molar-refractivity contribution in [3.63, 3.8) is 0 Å². The summed E-state index contributed by atoms with van der Waals surface area (Å²) in [7, 11) is 0. The van der Waals surface area contributed by atoms with Crippen molar-refractivity contribution in [2.45, 2.75) is 52.5 Å². The van der Waals surface area contributed by atoms with Gasteiger partial charge in [0.2, 0.25) is 5.91 Å². The van der Waals surface area contributed by atoms with Crippen LogP contribution in [0.2, 0.25) is 0 Å². The molecule has 0 bridgehead atoms. The van der Waals surface area contributed by atoms with E-state index in [-0.39, 0.29) is 11.5 Å². The topological polar surface area (TPSA) is 76.9 Å². The van der Waals surface area contributed by atoms with Gasteiger partial charge < -0.3 is 5.32 Å². The Labute approximate surface area is 161 Å². The highest BCUT2D eigenvalue weighted by atomic mass is 32.1. The van der Waals surface area contributed by atoms with Gasteiger partial charge in [0.25, 0.3) is 5.56 Å². The first-order chi connectivity index (χ1) is 13.0. The number of thiophene rings is 1. The minimum absolute atomic E-state index is 0.220. The van der Waals surface area contributed by atoms with E-state index in [0.717, 1.165) is 48.1 Å². The van der Waals surface area contributed by atoms with E-state index in [4.69, 9.17) is 0 Å². The first-order valence-corrected chi connectivity index (χ1v) is 10.0. The summed E-state index contributed by atoms with van der Waals surface area (Å²) in [6, 6.07) is 5.09. The molecule has 2 aromatic heterocycles. The lowest BCUT2D eigenvalue weighted by Crippen LogP contribution is -2.34. The molecule has 1 atom stereocenters. The van der Waals surface area contributed by atoms with Gasteiger partial charge in [0.15, 0.2) is 4.83 Å². The summed E-state index contributed by atoms with van der Waals surface area (Å²) in [5.74, 6) is -0.276. The van der Waals surface area contributed by atoms with Gasteiger partial charge in [-0.15, -0.1) is 16.4 Å². The van der Waals surface area contributed by atoms with Crippen LogP contribution in [0.3, 0.4) is 0 Å². The lowest BCUT2D eigenvalue weighted by Gasteiger charge is -2.15. The molecular formula is C20H22N4O2S. The summed E-state index contributed by atoms with van der Waals surface area (Å²) >= 11 is 1.56. The molecule has 1 aliphatic carbocycles. The third kappa shape index (κ3) is 3.16. The first kappa shape index (κ1) is 17.9. The smallest absolute Gasteiger partial charge is 0.279 e. The van der Waals surface area contributed by atoms with Crippen molar-refractivity contribution < 1.29 is 4.79 Å². The number of anilines is 1. The van der Waals surface area contributed by atoms with Crippen molar-refractivity contribution in [1.29, 1.82) is 0 Å². The minimum atomic E-state index is -0.741. The molecule has 4 rings (SSSR count). The molecule has 1 unspecified atom stereocenters. The molecule has 1 N–H and O–H groups in total. The monoisotopic (exact) mass is 382 g/mol. The van der Waals surface area contributed by atoms with Crippen LogP contribution in [0.1, 0.15) is 47.4 Å². The Bertz CT molecular complexity index is 1100. The van der Waals surface area contributed by atoms with Crippen LogP contribution in [0.5, 0.6) is 0 Å². The minimum Gasteiger partial charge on any atom is -0.324 e. The van der Waals surface area contributed by atoms with Crippen LogP contribution in [0.15, 0.2) is 23.0 Å². The second-order valence-electron chi connectivity index (χ2n) is 7.21. The Morgan fingerprint density at radius 3 is 2.81 bits per heavy atom. The van der Waals surface area contributed by atoms with Gasteiger partial charge in [-0.05, 0) is 63.6 Å². The summed E-state index contributed by atoms with van der Waals surface area (Å²) in [5, 5.41) is 11.8. The maximum absolute atomic E-state index is 13.1. The van der Waals surface area contributed by atoms with Gasteiger partial charge in [0.05, 0.1) is 5.39 Å². The Hall–Kier alpha value is -2.54. The van der Waals surface area contributed by atoms with E-state index in [0.29, 0.717) is 10.2 Å². The molecular weight excluding hydrogens is 360 g/mol. The first-order valence-electron chi connectivity index (χ1n) is 9.23. The van der Waals surface area contributed by atoms with Crippen LogP contribution in [-0.4, -0.2) is 20.9 Å². The third-order valence-corrected chi connectivity index (χ3v) is 6.37. The highest BCUT2D eigenvalue weighted by Crippen LogP contribution is 2.33. The Morgan fingerprint density at radius 1 is 1.26 bits per heavy atom. The number of rotatable bonds is 3. The summed E-state index contributed by atoms with van der Waals surface area (Å²) in [4.78, 5) is 27.7. The average molecular weight is 382 g/mol. The third-order valence-electron chi connectivity index (χ3n) is 5.19. The predicted octanol–water partition coefficient (Wildman–Crippen LogP) is 3.55. The fraction of sp³-hybridized carbons (Fsp3) is 0.400. The number of hydrogen-bond acceptors (Lipinski definition) is 5. The van der Waals surface area contributed by atoms with Crippen LogP contribution in [0, 0.1) is 13.8 Å². The molecule has 0 fully saturated rings. The fourth-order valence-corrected chi connectivity index (χ4v) is 4.84. The van der Waals surface area contributed by atoms with Crippen molar-refractivity contribution in [2.24, 2.45) is 0 Å². The fourth-order valence-electron chi connectivity index (χ4n) is 3.64. The number of carbonyl (C=O) groups excluding carboxylic acids is 1. The second-order valence-corrected chi connectivity index (χ2v) is 8.30. The number of hydrogen-bond donors (Lipinski definition) is 1. The van der Waals surface area contributed by atoms with Crippen molar-refractivity contribution in [2.75, 3.05) is 5.32 Å². The second kappa shape index (κ2) is 6.88. The standard InChI is InChI=1S/C20H22N4O2S/c1-11-8-9-15(12(2)10-11)21-18(25)13(3)24-20(26)17-14-6-4-5-7-16(14)27-19(17)22-23-24/h8-10,13H,4-7H2,1-3H3,(H,21,25). The van der Waals surface area contributed by atoms with E-state index in [1.807, 2.05) is 32.0 Å². The van der Waals surface area contributed by atoms with Crippen molar-refractivity contribution in [3.05, 3.63) is 50.1 Å². The van der Waals surface area contributed by atoms with Crippen LogP contribution in [-0.2, 0) is 17.6 Å². The number of carbonyl (C=O) groups is 1. The highest BCUT2D eigenvalue weighted by Gasteiger charge is 2.24. The molecule has 0 spiro atoms. The number of aryl methyl sites for hydroxylation is 4. The number of nitrogens with zero attached hydrogens (tertiary/aromatic N) is 3. The van der Waals surface area contributed by atoms with Crippen molar-refractivity contribution >= 4 is 33.1 Å². The number of fused-ring (bicyclic) bond motifs is 3. The van der Waals surface area contributed by atoms with Crippen LogP contribution in [0.25, 0.3) is 10.2 Å². The zero-order valence-electron chi connectivity index (χ0n) is 15.7. The quantitative estimate of drug-likeness (QED) is 0.751. The van der Waals surface area contributed by atoms with Gasteiger partial charge >= 0.3 is 0 Å². The van der Waals surface area contributed by atoms with E-state index in [2.05, 4.69) is 15.6 Å². The Morgan fingerprint density at radius 2 is 2.04 bits per heavy atom. The number of nitrogens with one attached hydrogen (secondary N) is 1. The normalized spacial score (nSPS) is 14.8. The number of benzene rings is 1. The van der Waals surface area contributed by atoms with E-state index >= 15 is 0 Å². The summed E-state index contributed by atoms with van der Waals surface area (Å²) in [6.07, 6.45) is 4.14. The molecule has 1 aliphatic rings. The SMILES string of the molecule is Cc1ccc(NC(=O)C(C)n2nnc3sc4c(c3c2=O)CCCC4)c(C)c1. The van der Waals surface area contributed by atoms with Crippen LogP contribution in [0.4, 0.5) is 5.69 Å². The molecule has 2 heterocycles. The zero-order chi connectivity index (χ0) is 19.1. The van der Waals surface area contributed by atoms with Gasteiger partial charge in [-0.3, -0.25) is 9.59 Å². The summed E-state index contributed by atoms with van der Waals surface area (Å²) in [6.45, 7) is 5.63. The van der Waals surface area contributed by atoms with E-state index in [9.17, 15) is 9.59 Å². The van der Waals surface area contributed by atoms with Crippen LogP contribution >= 0.6 is 11.3 Å². The zero-order valence-corrected chi connectivity index (χ0v) is 16.5. The molecule has 0 saturated heterocycles. The summed E-state index contributed by atoms with van der Waals surface area (Å²) < 4.78 is 1.21. The molecule has 27 heavy (non-hydrogen) atoms. The van der Waals surface area contributed by atoms with Gasteiger partial charge in [0.1, 0.15) is 6.04 Å². The highest BCUT2D eigenvalue weighted by molar-refractivity contribution is 7.18. The van der Waals surface area contributed by atoms with Crippen molar-refractivity contribution in [1.82, 2.24) is 15.0 Å². The van der Waals surface area contributed by atoms with Gasteiger partial charge in [0, 0.05) is 10.6 Å². The summed E-state index contributed by atoms with van der Waals surface area (Å²) in [5.41, 5.74) is 3.75. The van der Waals surface area contributed by atoms with Gasteiger partial charge in [-0.1, -0.05) is 22.9 Å². The molecule has 140 valence electrons. The molecule has 0 saturated carbocycles.